The van der Waals surface area contributed by atoms with E-state index in [2.05, 4.69) is 22.0 Å². The van der Waals surface area contributed by atoms with Crippen molar-refractivity contribution in [3.05, 3.63) is 20.8 Å². The van der Waals surface area contributed by atoms with Crippen molar-refractivity contribution in [2.75, 3.05) is 7.05 Å². The maximum Gasteiger partial charge on any atom is 0.222 e. The SMILES string of the molecule is CN(Cc1ccc(Br)s1)C(=O)C[C@@H]1CCC[C@H]1N. The lowest BCUT2D eigenvalue weighted by molar-refractivity contribution is -0.131. The summed E-state index contributed by atoms with van der Waals surface area (Å²) in [4.78, 5) is 15.1. The van der Waals surface area contributed by atoms with E-state index in [-0.39, 0.29) is 11.9 Å². The molecule has 0 aliphatic heterocycles. The molecule has 1 amide bonds. The highest BCUT2D eigenvalue weighted by Crippen LogP contribution is 2.28. The summed E-state index contributed by atoms with van der Waals surface area (Å²) in [6.45, 7) is 0.692. The lowest BCUT2D eigenvalue weighted by atomic mass is 9.99. The fourth-order valence-electron chi connectivity index (χ4n) is 2.46. The Bertz CT molecular complexity index is 421. The molecule has 100 valence electrons. The maximum atomic E-state index is 12.1. The van der Waals surface area contributed by atoms with Crippen LogP contribution in [0.25, 0.3) is 0 Å². The highest BCUT2D eigenvalue weighted by Gasteiger charge is 2.27. The van der Waals surface area contributed by atoms with Crippen LogP contribution in [0.15, 0.2) is 15.9 Å². The second-order valence-corrected chi connectivity index (χ2v) is 7.56. The molecule has 0 spiro atoms. The van der Waals surface area contributed by atoms with E-state index in [4.69, 9.17) is 5.73 Å². The summed E-state index contributed by atoms with van der Waals surface area (Å²) in [5.74, 6) is 0.594. The highest BCUT2D eigenvalue weighted by atomic mass is 79.9. The van der Waals surface area contributed by atoms with Crippen molar-refractivity contribution in [2.24, 2.45) is 11.7 Å². The van der Waals surface area contributed by atoms with Crippen LogP contribution in [0.4, 0.5) is 0 Å². The van der Waals surface area contributed by atoms with E-state index in [0.717, 1.165) is 16.6 Å². The van der Waals surface area contributed by atoms with E-state index < -0.39 is 0 Å². The van der Waals surface area contributed by atoms with Crippen LogP contribution in [0.3, 0.4) is 0 Å². The molecule has 2 atom stereocenters. The summed E-state index contributed by atoms with van der Waals surface area (Å²) in [6, 6.07) is 4.30. The standard InChI is InChI=1S/C13H19BrN2OS/c1-16(8-10-5-6-12(14)18-10)13(17)7-9-3-2-4-11(9)15/h5-6,9,11H,2-4,7-8,15H2,1H3/t9-,11+/m0/s1. The van der Waals surface area contributed by atoms with Crippen LogP contribution < -0.4 is 5.73 Å². The zero-order valence-electron chi connectivity index (χ0n) is 10.6. The number of halogens is 1. The van der Waals surface area contributed by atoms with Crippen LogP contribution in [-0.4, -0.2) is 23.9 Å². The molecule has 1 fully saturated rings. The molecule has 1 heterocycles. The van der Waals surface area contributed by atoms with Gasteiger partial charge in [0, 0.05) is 24.4 Å². The molecule has 5 heteroatoms. The van der Waals surface area contributed by atoms with Gasteiger partial charge >= 0.3 is 0 Å². The van der Waals surface area contributed by atoms with E-state index in [0.29, 0.717) is 18.9 Å². The predicted molar refractivity (Wildman–Crippen MR) is 78.4 cm³/mol. The molecule has 0 aromatic carbocycles. The Balaban J connectivity index is 1.84. The second kappa shape index (κ2) is 6.17. The number of carbonyl (C=O) groups excluding carboxylic acids is 1. The third-order valence-electron chi connectivity index (χ3n) is 3.60. The molecule has 18 heavy (non-hydrogen) atoms. The summed E-state index contributed by atoms with van der Waals surface area (Å²) in [5.41, 5.74) is 6.01. The third-order valence-corrected chi connectivity index (χ3v) is 5.21. The Kier molecular flexibility index (Phi) is 4.81. The van der Waals surface area contributed by atoms with Gasteiger partial charge in [0.05, 0.1) is 10.3 Å². The van der Waals surface area contributed by atoms with Gasteiger partial charge in [0.15, 0.2) is 0 Å². The Morgan fingerprint density at radius 2 is 2.33 bits per heavy atom. The van der Waals surface area contributed by atoms with Gasteiger partial charge in [-0.15, -0.1) is 11.3 Å². The molecule has 3 nitrogen and oxygen atoms in total. The van der Waals surface area contributed by atoms with Crippen molar-refractivity contribution in [1.29, 1.82) is 0 Å². The lowest BCUT2D eigenvalue weighted by Gasteiger charge is -2.20. The van der Waals surface area contributed by atoms with Crippen LogP contribution in [-0.2, 0) is 11.3 Å². The quantitative estimate of drug-likeness (QED) is 0.922. The van der Waals surface area contributed by atoms with Crippen LogP contribution in [0.1, 0.15) is 30.6 Å². The highest BCUT2D eigenvalue weighted by molar-refractivity contribution is 9.11. The topological polar surface area (TPSA) is 46.3 Å². The Labute approximate surface area is 120 Å². The second-order valence-electron chi connectivity index (χ2n) is 5.01. The number of hydrogen-bond acceptors (Lipinski definition) is 3. The first-order valence-electron chi connectivity index (χ1n) is 6.30. The van der Waals surface area contributed by atoms with Crippen molar-refractivity contribution >= 4 is 33.2 Å². The largest absolute Gasteiger partial charge is 0.341 e. The van der Waals surface area contributed by atoms with Crippen molar-refractivity contribution in [3.63, 3.8) is 0 Å². The Hall–Kier alpha value is -0.390. The fraction of sp³-hybridized carbons (Fsp3) is 0.615. The van der Waals surface area contributed by atoms with E-state index in [9.17, 15) is 4.79 Å². The van der Waals surface area contributed by atoms with E-state index >= 15 is 0 Å². The van der Waals surface area contributed by atoms with Gasteiger partial charge in [0.2, 0.25) is 5.91 Å². The smallest absolute Gasteiger partial charge is 0.222 e. The van der Waals surface area contributed by atoms with Crippen molar-refractivity contribution in [2.45, 2.75) is 38.3 Å². The Morgan fingerprint density at radius 3 is 2.89 bits per heavy atom. The zero-order valence-corrected chi connectivity index (χ0v) is 13.0. The molecule has 1 aliphatic rings. The molecule has 1 aromatic heterocycles. The van der Waals surface area contributed by atoms with Gasteiger partial charge in [-0.05, 0) is 46.8 Å². The first-order valence-corrected chi connectivity index (χ1v) is 7.91. The summed E-state index contributed by atoms with van der Waals surface area (Å²) in [5, 5.41) is 0. The normalized spacial score (nSPS) is 23.3. The zero-order chi connectivity index (χ0) is 13.1. The number of carbonyl (C=O) groups is 1. The average molecular weight is 331 g/mol. The third kappa shape index (κ3) is 3.56. The van der Waals surface area contributed by atoms with Gasteiger partial charge in [0.1, 0.15) is 0 Å². The summed E-state index contributed by atoms with van der Waals surface area (Å²) >= 11 is 5.11. The molecule has 1 aliphatic carbocycles. The van der Waals surface area contributed by atoms with E-state index in [1.165, 1.54) is 11.3 Å². The minimum atomic E-state index is 0.210. The predicted octanol–water partition coefficient (Wildman–Crippen LogP) is 2.99. The number of rotatable bonds is 4. The number of nitrogens with two attached hydrogens (primary N) is 1. The van der Waals surface area contributed by atoms with Crippen molar-refractivity contribution in [1.82, 2.24) is 4.90 Å². The van der Waals surface area contributed by atoms with Gasteiger partial charge < -0.3 is 10.6 Å². The van der Waals surface area contributed by atoms with Gasteiger partial charge in [-0.2, -0.15) is 0 Å². The monoisotopic (exact) mass is 330 g/mol. The van der Waals surface area contributed by atoms with Crippen molar-refractivity contribution < 1.29 is 4.79 Å². The minimum absolute atomic E-state index is 0.210. The number of hydrogen-bond donors (Lipinski definition) is 1. The molecule has 0 unspecified atom stereocenters. The number of thiophene rings is 1. The number of nitrogens with zero attached hydrogens (tertiary/aromatic N) is 1. The minimum Gasteiger partial charge on any atom is -0.341 e. The summed E-state index contributed by atoms with van der Waals surface area (Å²) < 4.78 is 1.11. The fourth-order valence-corrected chi connectivity index (χ4v) is 3.99. The summed E-state index contributed by atoms with van der Waals surface area (Å²) in [6.07, 6.45) is 3.94. The van der Waals surface area contributed by atoms with Gasteiger partial charge in [-0.3, -0.25) is 4.79 Å². The summed E-state index contributed by atoms with van der Waals surface area (Å²) in [7, 11) is 1.87. The molecule has 1 aromatic rings. The van der Waals surface area contributed by atoms with Gasteiger partial charge in [0.25, 0.3) is 0 Å². The van der Waals surface area contributed by atoms with E-state index in [1.54, 1.807) is 11.3 Å². The van der Waals surface area contributed by atoms with Crippen LogP contribution >= 0.6 is 27.3 Å². The van der Waals surface area contributed by atoms with Gasteiger partial charge in [-0.1, -0.05) is 6.42 Å². The average Bonchev–Trinajstić information content (AvgIpc) is 2.89. The lowest BCUT2D eigenvalue weighted by Crippen LogP contribution is -2.32. The molecule has 2 rings (SSSR count). The molecular weight excluding hydrogens is 312 g/mol. The van der Waals surface area contributed by atoms with Crippen LogP contribution in [0, 0.1) is 5.92 Å². The number of amides is 1. The van der Waals surface area contributed by atoms with E-state index in [1.807, 2.05) is 18.0 Å². The first kappa shape index (κ1) is 14.0. The van der Waals surface area contributed by atoms with Crippen molar-refractivity contribution in [3.8, 4) is 0 Å². The molecular formula is C13H19BrN2OS. The molecule has 0 radical (unpaired) electrons. The molecule has 1 saturated carbocycles. The maximum absolute atomic E-state index is 12.1. The molecule has 0 bridgehead atoms. The van der Waals surface area contributed by atoms with Gasteiger partial charge in [-0.25, -0.2) is 0 Å². The first-order chi connectivity index (χ1) is 8.56. The van der Waals surface area contributed by atoms with Crippen LogP contribution in [0.5, 0.6) is 0 Å². The molecule has 2 N–H and O–H groups in total. The molecule has 0 saturated heterocycles. The van der Waals surface area contributed by atoms with Crippen LogP contribution in [0.2, 0.25) is 0 Å². The Morgan fingerprint density at radius 1 is 1.56 bits per heavy atom.